The van der Waals surface area contributed by atoms with Crippen LogP contribution in [-0.2, 0) is 23.3 Å². The zero-order chi connectivity index (χ0) is 17.2. The summed E-state index contributed by atoms with van der Waals surface area (Å²) in [5.41, 5.74) is 2.26. The van der Waals surface area contributed by atoms with Crippen LogP contribution >= 0.6 is 23.5 Å². The molecule has 4 rings (SSSR count). The van der Waals surface area contributed by atoms with Gasteiger partial charge < -0.3 is 14.8 Å². The molecule has 2 aromatic rings. The van der Waals surface area contributed by atoms with Crippen LogP contribution < -0.4 is 14.8 Å². The second-order valence-electron chi connectivity index (χ2n) is 5.84. The third kappa shape index (κ3) is 3.59. The van der Waals surface area contributed by atoms with Crippen molar-refractivity contribution < 1.29 is 14.3 Å². The van der Waals surface area contributed by atoms with Crippen LogP contribution in [0.15, 0.2) is 23.1 Å². The Kier molecular flexibility index (Phi) is 4.80. The molecule has 0 saturated heterocycles. The zero-order valence-corrected chi connectivity index (χ0v) is 15.5. The first-order valence-corrected chi connectivity index (χ1v) is 10.3. The first-order valence-electron chi connectivity index (χ1n) is 8.15. The van der Waals surface area contributed by atoms with Gasteiger partial charge in [0.05, 0.1) is 5.69 Å². The summed E-state index contributed by atoms with van der Waals surface area (Å²) < 4.78 is 12.9. The molecule has 8 heteroatoms. The molecule has 3 heterocycles. The lowest BCUT2D eigenvalue weighted by atomic mass is 10.3. The van der Waals surface area contributed by atoms with E-state index in [0.29, 0.717) is 25.4 Å². The molecule has 132 valence electrons. The number of aromatic nitrogens is 2. The maximum absolute atomic E-state index is 12.3. The number of benzene rings is 1. The minimum absolute atomic E-state index is 0.0211. The lowest BCUT2D eigenvalue weighted by Crippen LogP contribution is -2.16. The smallest absolute Gasteiger partial charge is 0.226 e. The summed E-state index contributed by atoms with van der Waals surface area (Å²) >= 11 is 3.47. The predicted octanol–water partition coefficient (Wildman–Crippen LogP) is 3.06. The third-order valence-electron chi connectivity index (χ3n) is 4.08. The molecule has 1 N–H and O–H groups in total. The molecule has 0 fully saturated rings. The Morgan fingerprint density at radius 1 is 1.32 bits per heavy atom. The fraction of sp³-hybridized carbons (Fsp3) is 0.412. The van der Waals surface area contributed by atoms with E-state index in [1.165, 1.54) is 5.56 Å². The van der Waals surface area contributed by atoms with Crippen LogP contribution in [0.2, 0.25) is 0 Å². The monoisotopic (exact) mass is 377 g/mol. The maximum Gasteiger partial charge on any atom is 0.226 e. The van der Waals surface area contributed by atoms with Gasteiger partial charge in [-0.3, -0.25) is 9.48 Å². The Hall–Kier alpha value is -1.80. The van der Waals surface area contributed by atoms with Gasteiger partial charge in [-0.2, -0.15) is 16.9 Å². The summed E-state index contributed by atoms with van der Waals surface area (Å²) in [4.78, 5) is 13.3. The van der Waals surface area contributed by atoms with Crippen LogP contribution in [0.4, 0.5) is 5.82 Å². The van der Waals surface area contributed by atoms with Crippen molar-refractivity contribution in [3.63, 3.8) is 0 Å². The van der Waals surface area contributed by atoms with E-state index in [0.717, 1.165) is 39.4 Å². The van der Waals surface area contributed by atoms with Gasteiger partial charge in [0, 0.05) is 41.2 Å². The first kappa shape index (κ1) is 16.7. The summed E-state index contributed by atoms with van der Waals surface area (Å²) in [5.74, 6) is 4.99. The van der Waals surface area contributed by atoms with E-state index in [9.17, 15) is 4.79 Å². The van der Waals surface area contributed by atoms with Gasteiger partial charge in [0.1, 0.15) is 19.0 Å². The molecule has 1 aromatic heterocycles. The normalized spacial score (nSPS) is 15.1. The Morgan fingerprint density at radius 2 is 2.16 bits per heavy atom. The van der Waals surface area contributed by atoms with E-state index in [1.807, 2.05) is 37.0 Å². The second-order valence-corrected chi connectivity index (χ2v) is 8.00. The quantitative estimate of drug-likeness (QED) is 0.808. The Labute approximate surface area is 154 Å². The van der Waals surface area contributed by atoms with Crippen molar-refractivity contribution in [2.24, 2.45) is 7.05 Å². The molecule has 1 aromatic carbocycles. The number of ether oxygens (including phenoxy) is 2. The Morgan fingerprint density at radius 3 is 3.04 bits per heavy atom. The molecule has 0 aliphatic carbocycles. The largest absolute Gasteiger partial charge is 0.486 e. The van der Waals surface area contributed by atoms with Crippen LogP contribution in [0.1, 0.15) is 17.7 Å². The summed E-state index contributed by atoms with van der Waals surface area (Å²) in [5, 5.41) is 7.48. The number of aryl methyl sites for hydroxylation is 1. The molecule has 1 amide bonds. The SMILES string of the molecule is Cn1nc2c(c1NC(=O)CCSc1ccc3c(c1)OCCO3)CSC2. The number of thioether (sulfide) groups is 2. The number of rotatable bonds is 5. The lowest BCUT2D eigenvalue weighted by Gasteiger charge is -2.18. The van der Waals surface area contributed by atoms with E-state index in [2.05, 4.69) is 10.4 Å². The number of carbonyl (C=O) groups is 1. The van der Waals surface area contributed by atoms with Crippen molar-refractivity contribution >= 4 is 35.2 Å². The van der Waals surface area contributed by atoms with Gasteiger partial charge in [0.15, 0.2) is 11.5 Å². The number of amides is 1. The summed E-state index contributed by atoms with van der Waals surface area (Å²) in [6.45, 7) is 1.17. The van der Waals surface area contributed by atoms with Crippen molar-refractivity contribution in [2.75, 3.05) is 24.3 Å². The molecule has 0 radical (unpaired) electrons. The van der Waals surface area contributed by atoms with Crippen molar-refractivity contribution in [3.8, 4) is 11.5 Å². The highest BCUT2D eigenvalue weighted by Crippen LogP contribution is 2.35. The fourth-order valence-electron chi connectivity index (χ4n) is 2.87. The number of anilines is 1. The summed E-state index contributed by atoms with van der Waals surface area (Å²) in [6.07, 6.45) is 0.451. The molecule has 0 unspecified atom stereocenters. The average molecular weight is 377 g/mol. The molecule has 0 saturated carbocycles. The number of nitrogens with one attached hydrogen (secondary N) is 1. The first-order chi connectivity index (χ1) is 12.2. The highest BCUT2D eigenvalue weighted by molar-refractivity contribution is 7.99. The van der Waals surface area contributed by atoms with Gasteiger partial charge in [-0.1, -0.05) is 0 Å². The molecule has 0 spiro atoms. The standard InChI is InChI=1S/C17H19N3O3S2/c1-20-17(12-9-24-10-13(12)19-20)18-16(21)4-7-25-11-2-3-14-15(8-11)23-6-5-22-14/h2-3,8H,4-7,9-10H2,1H3,(H,18,21). The minimum Gasteiger partial charge on any atom is -0.486 e. The van der Waals surface area contributed by atoms with E-state index in [4.69, 9.17) is 9.47 Å². The average Bonchev–Trinajstić information content (AvgIpc) is 3.17. The molecule has 0 bridgehead atoms. The van der Waals surface area contributed by atoms with E-state index < -0.39 is 0 Å². The van der Waals surface area contributed by atoms with Gasteiger partial charge in [0.2, 0.25) is 5.91 Å². The number of hydrogen-bond donors (Lipinski definition) is 1. The lowest BCUT2D eigenvalue weighted by molar-refractivity contribution is -0.115. The van der Waals surface area contributed by atoms with Gasteiger partial charge >= 0.3 is 0 Å². The number of hydrogen-bond acceptors (Lipinski definition) is 6. The van der Waals surface area contributed by atoms with Crippen molar-refractivity contribution in [1.29, 1.82) is 0 Å². The third-order valence-corrected chi connectivity index (χ3v) is 6.05. The number of nitrogens with zero attached hydrogens (tertiary/aromatic N) is 2. The maximum atomic E-state index is 12.3. The predicted molar refractivity (Wildman–Crippen MR) is 99.6 cm³/mol. The van der Waals surface area contributed by atoms with Gasteiger partial charge in [-0.05, 0) is 18.2 Å². The Bertz CT molecular complexity index is 807. The highest BCUT2D eigenvalue weighted by Gasteiger charge is 2.22. The molecule has 2 aliphatic rings. The molecule has 25 heavy (non-hydrogen) atoms. The summed E-state index contributed by atoms with van der Waals surface area (Å²) in [6, 6.07) is 5.90. The van der Waals surface area contributed by atoms with E-state index in [-0.39, 0.29) is 5.91 Å². The van der Waals surface area contributed by atoms with E-state index >= 15 is 0 Å². The topological polar surface area (TPSA) is 65.4 Å². The van der Waals surface area contributed by atoms with Gasteiger partial charge in [-0.25, -0.2) is 0 Å². The number of fused-ring (bicyclic) bond motifs is 2. The fourth-order valence-corrected chi connectivity index (χ4v) is 4.78. The van der Waals surface area contributed by atoms with Gasteiger partial charge in [0.25, 0.3) is 0 Å². The van der Waals surface area contributed by atoms with Crippen molar-refractivity contribution in [3.05, 3.63) is 29.5 Å². The van der Waals surface area contributed by atoms with Crippen LogP contribution in [0.3, 0.4) is 0 Å². The molecular formula is C17H19N3O3S2. The van der Waals surface area contributed by atoms with Crippen molar-refractivity contribution in [2.45, 2.75) is 22.8 Å². The van der Waals surface area contributed by atoms with Crippen LogP contribution in [0.5, 0.6) is 11.5 Å². The molecule has 2 aliphatic heterocycles. The van der Waals surface area contributed by atoms with Crippen LogP contribution in [0.25, 0.3) is 0 Å². The molecule has 6 nitrogen and oxygen atoms in total. The number of carbonyl (C=O) groups excluding carboxylic acids is 1. The molecular weight excluding hydrogens is 358 g/mol. The van der Waals surface area contributed by atoms with Crippen molar-refractivity contribution in [1.82, 2.24) is 9.78 Å². The highest BCUT2D eigenvalue weighted by atomic mass is 32.2. The zero-order valence-electron chi connectivity index (χ0n) is 13.9. The van der Waals surface area contributed by atoms with Crippen LogP contribution in [-0.4, -0.2) is 34.7 Å². The second kappa shape index (κ2) is 7.21. The van der Waals surface area contributed by atoms with Crippen LogP contribution in [0, 0.1) is 0 Å². The van der Waals surface area contributed by atoms with Gasteiger partial charge in [-0.15, -0.1) is 11.8 Å². The van der Waals surface area contributed by atoms with E-state index in [1.54, 1.807) is 16.4 Å². The minimum atomic E-state index is 0.0211. The Balaban J connectivity index is 1.31. The molecule has 0 atom stereocenters. The summed E-state index contributed by atoms with van der Waals surface area (Å²) in [7, 11) is 1.88.